The molecule has 0 unspecified atom stereocenters. The van der Waals surface area contributed by atoms with Crippen molar-refractivity contribution in [1.82, 2.24) is 5.32 Å². The van der Waals surface area contributed by atoms with Crippen molar-refractivity contribution in [2.45, 2.75) is 6.42 Å². The van der Waals surface area contributed by atoms with E-state index in [2.05, 4.69) is 5.32 Å². The summed E-state index contributed by atoms with van der Waals surface area (Å²) in [5.74, 6) is -0.967. The van der Waals surface area contributed by atoms with Crippen LogP contribution < -0.4 is 5.32 Å². The lowest BCUT2D eigenvalue weighted by Crippen LogP contribution is -2.10. The molecule has 0 rings (SSSR count). The van der Waals surface area contributed by atoms with Crippen LogP contribution in [0.4, 0.5) is 0 Å². The topological polar surface area (TPSA) is 66.4 Å². The second-order valence-corrected chi connectivity index (χ2v) is 1.60. The van der Waals surface area contributed by atoms with Gasteiger partial charge in [0.25, 0.3) is 0 Å². The van der Waals surface area contributed by atoms with Crippen LogP contribution >= 0.6 is 0 Å². The molecule has 0 fully saturated rings. The third-order valence-corrected chi connectivity index (χ3v) is 0.799. The minimum atomic E-state index is -0.967. The molecule has 0 radical (unpaired) electrons. The first-order chi connectivity index (χ1) is 4.77. The van der Waals surface area contributed by atoms with Gasteiger partial charge in [-0.05, 0) is 6.42 Å². The average Bonchev–Trinajstić information content (AvgIpc) is 1.87. The number of amides is 1. The molecule has 0 saturated heterocycles. The molecule has 0 aliphatic rings. The Hall–Kier alpha value is -1.32. The highest BCUT2D eigenvalue weighted by Gasteiger charge is 1.83. The third kappa shape index (κ3) is 6.68. The Labute approximate surface area is 58.5 Å². The number of hydrogen-bond acceptors (Lipinski definition) is 2. The van der Waals surface area contributed by atoms with Crippen molar-refractivity contribution in [2.75, 3.05) is 6.54 Å². The van der Waals surface area contributed by atoms with Crippen molar-refractivity contribution in [3.05, 3.63) is 12.2 Å². The predicted octanol–water partition coefficient (Wildman–Crippen LogP) is -0.237. The van der Waals surface area contributed by atoms with Crippen LogP contribution in [0.1, 0.15) is 6.42 Å². The second-order valence-electron chi connectivity index (χ2n) is 1.60. The van der Waals surface area contributed by atoms with Gasteiger partial charge in [0.05, 0.1) is 0 Å². The zero-order chi connectivity index (χ0) is 7.82. The van der Waals surface area contributed by atoms with Gasteiger partial charge in [0.2, 0.25) is 6.41 Å². The standard InChI is InChI=1S/C6H9NO3/c8-5-7-4-2-1-3-6(9)10/h1,3,5H,2,4H2,(H,7,8)(H,9,10)/b3-1+. The summed E-state index contributed by atoms with van der Waals surface area (Å²) in [6.07, 6.45) is 3.66. The van der Waals surface area contributed by atoms with Gasteiger partial charge in [-0.1, -0.05) is 6.08 Å². The summed E-state index contributed by atoms with van der Waals surface area (Å²) in [4.78, 5) is 19.5. The summed E-state index contributed by atoms with van der Waals surface area (Å²) in [5, 5.41) is 10.5. The third-order valence-electron chi connectivity index (χ3n) is 0.799. The predicted molar refractivity (Wildman–Crippen MR) is 35.5 cm³/mol. The maximum atomic E-state index is 9.86. The molecule has 2 N–H and O–H groups in total. The lowest BCUT2D eigenvalue weighted by Gasteiger charge is -1.89. The fourth-order valence-corrected chi connectivity index (χ4v) is 0.410. The minimum Gasteiger partial charge on any atom is -0.478 e. The highest BCUT2D eigenvalue weighted by Crippen LogP contribution is 1.78. The lowest BCUT2D eigenvalue weighted by molar-refractivity contribution is -0.131. The molecule has 1 amide bonds. The van der Waals surface area contributed by atoms with Gasteiger partial charge in [0.15, 0.2) is 0 Å². The Balaban J connectivity index is 3.18. The van der Waals surface area contributed by atoms with Gasteiger partial charge in [-0.15, -0.1) is 0 Å². The van der Waals surface area contributed by atoms with E-state index >= 15 is 0 Å². The monoisotopic (exact) mass is 143 g/mol. The van der Waals surface area contributed by atoms with Gasteiger partial charge in [0, 0.05) is 12.6 Å². The van der Waals surface area contributed by atoms with Crippen LogP contribution in [0.25, 0.3) is 0 Å². The fourth-order valence-electron chi connectivity index (χ4n) is 0.410. The quantitative estimate of drug-likeness (QED) is 0.317. The summed E-state index contributed by atoms with van der Waals surface area (Å²) in [5.41, 5.74) is 0. The molecule has 10 heavy (non-hydrogen) atoms. The first-order valence-electron chi connectivity index (χ1n) is 2.84. The van der Waals surface area contributed by atoms with E-state index in [1.807, 2.05) is 0 Å². The highest BCUT2D eigenvalue weighted by molar-refractivity contribution is 5.79. The number of carbonyl (C=O) groups excluding carboxylic acids is 1. The van der Waals surface area contributed by atoms with Gasteiger partial charge >= 0.3 is 5.97 Å². The van der Waals surface area contributed by atoms with Gasteiger partial charge < -0.3 is 10.4 Å². The van der Waals surface area contributed by atoms with Crippen molar-refractivity contribution < 1.29 is 14.7 Å². The Morgan fingerprint density at radius 3 is 2.80 bits per heavy atom. The van der Waals surface area contributed by atoms with E-state index in [4.69, 9.17) is 5.11 Å². The molecule has 0 spiro atoms. The van der Waals surface area contributed by atoms with Crippen molar-refractivity contribution >= 4 is 12.4 Å². The van der Waals surface area contributed by atoms with Crippen LogP contribution in [0.3, 0.4) is 0 Å². The number of carbonyl (C=O) groups is 2. The van der Waals surface area contributed by atoms with Crippen LogP contribution in [0.5, 0.6) is 0 Å². The second kappa shape index (κ2) is 5.81. The summed E-state index contributed by atoms with van der Waals surface area (Å²) < 4.78 is 0. The number of carboxylic acid groups (broad SMARTS) is 1. The first kappa shape index (κ1) is 8.68. The van der Waals surface area contributed by atoms with E-state index in [-0.39, 0.29) is 0 Å². The van der Waals surface area contributed by atoms with E-state index in [1.54, 1.807) is 0 Å². The summed E-state index contributed by atoms with van der Waals surface area (Å²) in [7, 11) is 0. The molecule has 0 aromatic rings. The number of hydrogen-bond donors (Lipinski definition) is 2. The Kier molecular flexibility index (Phi) is 5.04. The van der Waals surface area contributed by atoms with Crippen molar-refractivity contribution in [3.8, 4) is 0 Å². The van der Waals surface area contributed by atoms with E-state index in [0.29, 0.717) is 19.4 Å². The molecule has 56 valence electrons. The zero-order valence-corrected chi connectivity index (χ0v) is 5.41. The number of rotatable bonds is 5. The van der Waals surface area contributed by atoms with Gasteiger partial charge in [0.1, 0.15) is 0 Å². The molecule has 0 aromatic heterocycles. The fraction of sp³-hybridized carbons (Fsp3) is 0.333. The molecule has 0 heterocycles. The van der Waals surface area contributed by atoms with E-state index in [1.165, 1.54) is 6.08 Å². The lowest BCUT2D eigenvalue weighted by atomic mass is 10.4. The molecule has 0 aliphatic heterocycles. The maximum Gasteiger partial charge on any atom is 0.327 e. The Bertz CT molecular complexity index is 142. The normalized spacial score (nSPS) is 9.60. The number of aliphatic carboxylic acids is 1. The van der Waals surface area contributed by atoms with Crippen molar-refractivity contribution in [3.63, 3.8) is 0 Å². The average molecular weight is 143 g/mol. The Morgan fingerprint density at radius 1 is 1.60 bits per heavy atom. The van der Waals surface area contributed by atoms with Gasteiger partial charge in [-0.3, -0.25) is 4.79 Å². The van der Waals surface area contributed by atoms with E-state index < -0.39 is 5.97 Å². The summed E-state index contributed by atoms with van der Waals surface area (Å²) >= 11 is 0. The van der Waals surface area contributed by atoms with Crippen molar-refractivity contribution in [2.24, 2.45) is 0 Å². The summed E-state index contributed by atoms with van der Waals surface area (Å²) in [6.45, 7) is 0.479. The zero-order valence-electron chi connectivity index (χ0n) is 5.41. The molecule has 0 aromatic carbocycles. The largest absolute Gasteiger partial charge is 0.478 e. The molecule has 0 bridgehead atoms. The highest BCUT2D eigenvalue weighted by atomic mass is 16.4. The molecule has 0 saturated carbocycles. The van der Waals surface area contributed by atoms with Crippen molar-refractivity contribution in [1.29, 1.82) is 0 Å². The summed E-state index contributed by atoms with van der Waals surface area (Å²) in [6, 6.07) is 0. The smallest absolute Gasteiger partial charge is 0.327 e. The maximum absolute atomic E-state index is 9.86. The van der Waals surface area contributed by atoms with Gasteiger partial charge in [-0.2, -0.15) is 0 Å². The van der Waals surface area contributed by atoms with Crippen LogP contribution in [0.2, 0.25) is 0 Å². The molecule has 0 atom stereocenters. The number of nitrogens with one attached hydrogen (secondary N) is 1. The van der Waals surface area contributed by atoms with Gasteiger partial charge in [-0.25, -0.2) is 4.79 Å². The molecular weight excluding hydrogens is 134 g/mol. The number of carboxylic acids is 1. The van der Waals surface area contributed by atoms with E-state index in [0.717, 1.165) is 6.08 Å². The molecule has 4 nitrogen and oxygen atoms in total. The SMILES string of the molecule is O=CNCC/C=C/C(=O)O. The molecule has 4 heteroatoms. The van der Waals surface area contributed by atoms with Crippen LogP contribution in [0.15, 0.2) is 12.2 Å². The first-order valence-corrected chi connectivity index (χ1v) is 2.84. The Morgan fingerprint density at radius 2 is 2.30 bits per heavy atom. The van der Waals surface area contributed by atoms with Crippen LogP contribution in [-0.2, 0) is 9.59 Å². The van der Waals surface area contributed by atoms with Crippen LogP contribution in [0, 0.1) is 0 Å². The van der Waals surface area contributed by atoms with E-state index in [9.17, 15) is 9.59 Å². The van der Waals surface area contributed by atoms with Crippen LogP contribution in [-0.4, -0.2) is 24.0 Å². The molecular formula is C6H9NO3. The minimum absolute atomic E-state index is 0.479. The molecule has 0 aliphatic carbocycles.